The van der Waals surface area contributed by atoms with Gasteiger partial charge in [-0.15, -0.1) is 35.6 Å². The summed E-state index contributed by atoms with van der Waals surface area (Å²) in [5, 5.41) is 34.8. The van der Waals surface area contributed by atoms with E-state index >= 15 is 4.39 Å². The van der Waals surface area contributed by atoms with Crippen LogP contribution in [0.2, 0.25) is 0 Å². The van der Waals surface area contributed by atoms with Crippen molar-refractivity contribution in [2.45, 2.75) is 90.3 Å². The fourth-order valence-electron chi connectivity index (χ4n) is 8.97. The fourth-order valence-corrected chi connectivity index (χ4v) is 9.55. The minimum Gasteiger partial charge on any atom is -0.390 e. The summed E-state index contributed by atoms with van der Waals surface area (Å²) in [6.07, 6.45) is 4.44. The minimum atomic E-state index is -1.98. The molecule has 0 saturated heterocycles. The Morgan fingerprint density at radius 2 is 1.70 bits per heavy atom. The molecular weight excluding hydrogens is 746 g/mol. The number of carbonyl (C=O) groups excluding carboxylic acids is 3. The van der Waals surface area contributed by atoms with E-state index in [1.54, 1.807) is 26.8 Å². The van der Waals surface area contributed by atoms with Gasteiger partial charge in [0.2, 0.25) is 0 Å². The predicted molar refractivity (Wildman–Crippen MR) is 211 cm³/mol. The van der Waals surface area contributed by atoms with Gasteiger partial charge in [-0.1, -0.05) is 37.6 Å². The van der Waals surface area contributed by atoms with Crippen molar-refractivity contribution in [2.75, 3.05) is 45.6 Å². The number of hydrogen-bond acceptors (Lipinski definition) is 9. The molecule has 14 heteroatoms. The second-order valence-corrected chi connectivity index (χ2v) is 16.1. The molecule has 300 valence electrons. The van der Waals surface area contributed by atoms with Crippen LogP contribution < -0.4 is 16.2 Å². The molecule has 5 rings (SSSR count). The van der Waals surface area contributed by atoms with Crippen molar-refractivity contribution in [1.29, 1.82) is 0 Å². The second kappa shape index (κ2) is 19.8. The van der Waals surface area contributed by atoms with E-state index in [4.69, 9.17) is 23.2 Å². The normalized spacial score (nSPS) is 32.5. The van der Waals surface area contributed by atoms with Gasteiger partial charge in [-0.2, -0.15) is 0 Å². The average Bonchev–Trinajstić information content (AvgIpc) is 3.30. The number of benzene rings is 1. The van der Waals surface area contributed by atoms with E-state index in [2.05, 4.69) is 21.1 Å². The number of rotatable bonds is 11. The predicted octanol–water partition coefficient (Wildman–Crippen LogP) is 4.76. The Balaban J connectivity index is 0.000000329. The summed E-state index contributed by atoms with van der Waals surface area (Å²) < 4.78 is 16.9. The summed E-state index contributed by atoms with van der Waals surface area (Å²) in [5.41, 5.74) is 2.51. The number of aliphatic hydroxyl groups excluding tert-OH is 2. The van der Waals surface area contributed by atoms with Gasteiger partial charge >= 0.3 is 0 Å². The topological polar surface area (TPSA) is 151 Å². The van der Waals surface area contributed by atoms with Crippen LogP contribution >= 0.6 is 35.6 Å². The standard InChI is InChI=1S/C22H29FO5.C12H19N3O.C5H11Cl2N.ClH/c1-12-8-16-15-5-4-13-9-14(25)6-7-19(13,2)21(15,23)17(26)10-20(16,3)22(12,28)18(27)11-24;1-9(2)15-12(16)11-6-4-10(5-7-11)8-14-13-3;1-8(4-2-6)5-3-7;/h6-7,9,12,15-17,24,26,28H,4-5,8,10-11H2,1-3H3;4-7,9,13-14H,8H2,1-3H3,(H,15,16);2-5H2,1H3;1H/t12-,15+,16+,17+,19+,20+,21+,22+;;;/m1.../s1. The van der Waals surface area contributed by atoms with E-state index in [1.807, 2.05) is 52.2 Å². The van der Waals surface area contributed by atoms with Crippen molar-refractivity contribution >= 4 is 53.1 Å². The van der Waals surface area contributed by atoms with E-state index in [0.717, 1.165) is 25.2 Å². The quantitative estimate of drug-likeness (QED) is 0.138. The van der Waals surface area contributed by atoms with E-state index in [0.29, 0.717) is 42.2 Å². The molecule has 6 N–H and O–H groups in total. The van der Waals surface area contributed by atoms with Crippen LogP contribution in [0.3, 0.4) is 0 Å². The molecule has 0 bridgehead atoms. The second-order valence-electron chi connectivity index (χ2n) is 15.4. The molecule has 0 aromatic heterocycles. The van der Waals surface area contributed by atoms with E-state index < -0.39 is 52.4 Å². The largest absolute Gasteiger partial charge is 0.390 e. The molecule has 3 fully saturated rings. The first-order chi connectivity index (χ1) is 24.4. The number of carbonyl (C=O) groups is 3. The zero-order chi connectivity index (χ0) is 39.1. The van der Waals surface area contributed by atoms with E-state index in [9.17, 15) is 29.7 Å². The maximum absolute atomic E-state index is 16.9. The lowest BCUT2D eigenvalue weighted by Crippen LogP contribution is -2.69. The molecule has 0 unspecified atom stereocenters. The fraction of sp³-hybridized carbons (Fsp3) is 0.667. The Morgan fingerprint density at radius 1 is 1.09 bits per heavy atom. The number of amides is 1. The number of nitrogens with one attached hydrogen (secondary N) is 3. The maximum atomic E-state index is 16.9. The Kier molecular flexibility index (Phi) is 17.6. The van der Waals surface area contributed by atoms with Gasteiger partial charge in [0.25, 0.3) is 5.91 Å². The Labute approximate surface area is 330 Å². The van der Waals surface area contributed by atoms with Gasteiger partial charge in [-0.3, -0.25) is 25.2 Å². The highest BCUT2D eigenvalue weighted by atomic mass is 35.5. The first kappa shape index (κ1) is 47.2. The van der Waals surface area contributed by atoms with Crippen LogP contribution in [0.1, 0.15) is 76.2 Å². The highest BCUT2D eigenvalue weighted by Crippen LogP contribution is 2.70. The molecule has 53 heavy (non-hydrogen) atoms. The van der Waals surface area contributed by atoms with Crippen molar-refractivity contribution in [1.82, 2.24) is 21.1 Å². The SMILES string of the molecule is CN(CCCl)CCCl.CNNCc1ccc(C(=O)NC(C)C)cc1.C[C@@H]1C[C@H]2[C@@H]3CCC4=CC(=O)C=C[C@]4(C)[C@@]3(F)[C@@H](O)C[C@]2(C)[C@@]1(O)C(=O)CO.Cl. The lowest BCUT2D eigenvalue weighted by molar-refractivity contribution is -0.219. The Hall–Kier alpha value is -1.93. The van der Waals surface area contributed by atoms with Crippen molar-refractivity contribution in [3.8, 4) is 0 Å². The van der Waals surface area contributed by atoms with Crippen molar-refractivity contribution < 1.29 is 34.1 Å². The van der Waals surface area contributed by atoms with Crippen molar-refractivity contribution in [2.24, 2.45) is 28.6 Å². The lowest BCUT2D eigenvalue weighted by atomic mass is 9.44. The highest BCUT2D eigenvalue weighted by molar-refractivity contribution is 6.18. The summed E-state index contributed by atoms with van der Waals surface area (Å²) >= 11 is 10.9. The van der Waals surface area contributed by atoms with Gasteiger partial charge < -0.3 is 25.5 Å². The van der Waals surface area contributed by atoms with Crippen LogP contribution in [-0.2, 0) is 16.1 Å². The summed E-state index contributed by atoms with van der Waals surface area (Å²) in [6.45, 7) is 11.0. The van der Waals surface area contributed by atoms with Crippen LogP contribution in [0.15, 0.2) is 48.1 Å². The first-order valence-corrected chi connectivity index (χ1v) is 19.3. The molecule has 1 aromatic carbocycles. The van der Waals surface area contributed by atoms with Crippen LogP contribution in [0.4, 0.5) is 4.39 Å². The van der Waals surface area contributed by atoms with Crippen molar-refractivity contribution in [3.05, 3.63) is 59.2 Å². The monoisotopic (exact) mass is 804 g/mol. The molecule has 4 aliphatic rings. The molecule has 0 heterocycles. The molecule has 0 radical (unpaired) electrons. The van der Waals surface area contributed by atoms with Crippen LogP contribution in [0.25, 0.3) is 0 Å². The number of hydrogen-bond donors (Lipinski definition) is 6. The number of nitrogens with zero attached hydrogens (tertiary/aromatic N) is 1. The van der Waals surface area contributed by atoms with Gasteiger partial charge in [0, 0.05) is 59.7 Å². The smallest absolute Gasteiger partial charge is 0.251 e. The van der Waals surface area contributed by atoms with Gasteiger partial charge in [0.15, 0.2) is 17.2 Å². The van der Waals surface area contributed by atoms with Gasteiger partial charge in [0.05, 0.1) is 6.10 Å². The Bertz CT molecular complexity index is 1460. The number of aliphatic hydroxyl groups is 3. The zero-order valence-corrected chi connectivity index (χ0v) is 34.4. The zero-order valence-electron chi connectivity index (χ0n) is 32.1. The number of Topliss-reactive ketones (excluding diaryl/α,β-unsaturated/α-hetero) is 1. The molecular formula is C39H60Cl3FN4O6. The molecule has 1 amide bonds. The molecule has 1 aromatic rings. The third-order valence-electron chi connectivity index (χ3n) is 11.8. The van der Waals surface area contributed by atoms with Gasteiger partial charge in [-0.05, 0) is 102 Å². The number of alkyl halides is 3. The van der Waals surface area contributed by atoms with Crippen molar-refractivity contribution in [3.63, 3.8) is 0 Å². The molecule has 8 atom stereocenters. The van der Waals surface area contributed by atoms with E-state index in [-0.39, 0.29) is 42.5 Å². The Morgan fingerprint density at radius 3 is 2.23 bits per heavy atom. The number of fused-ring (bicyclic) bond motifs is 5. The maximum Gasteiger partial charge on any atom is 0.251 e. The summed E-state index contributed by atoms with van der Waals surface area (Å²) in [4.78, 5) is 38.1. The highest BCUT2D eigenvalue weighted by Gasteiger charge is 2.75. The number of allylic oxidation sites excluding steroid dienone is 4. The summed E-state index contributed by atoms with van der Waals surface area (Å²) in [5.74, 6) is -0.768. The molecule has 10 nitrogen and oxygen atoms in total. The van der Waals surface area contributed by atoms with Crippen LogP contribution in [0.5, 0.6) is 0 Å². The molecule has 4 aliphatic carbocycles. The third kappa shape index (κ3) is 9.55. The molecule has 0 spiro atoms. The number of hydrazine groups is 1. The van der Waals surface area contributed by atoms with Gasteiger partial charge in [0.1, 0.15) is 12.2 Å². The summed E-state index contributed by atoms with van der Waals surface area (Å²) in [6, 6.07) is 7.73. The summed E-state index contributed by atoms with van der Waals surface area (Å²) in [7, 11) is 3.83. The van der Waals surface area contributed by atoms with E-state index in [1.165, 1.54) is 12.2 Å². The number of halogens is 4. The van der Waals surface area contributed by atoms with Crippen LogP contribution in [0, 0.1) is 28.6 Å². The van der Waals surface area contributed by atoms with Crippen LogP contribution in [-0.4, -0.2) is 107 Å². The minimum absolute atomic E-state index is 0. The molecule has 3 saturated carbocycles. The lowest BCUT2D eigenvalue weighted by Gasteiger charge is -2.62. The molecule has 0 aliphatic heterocycles. The third-order valence-corrected chi connectivity index (χ3v) is 12.2. The average molecular weight is 806 g/mol. The first-order valence-electron chi connectivity index (χ1n) is 18.2. The number of ketones is 2. The van der Waals surface area contributed by atoms with Gasteiger partial charge in [-0.25, -0.2) is 4.39 Å².